The molecule has 0 saturated heterocycles. The Kier molecular flexibility index (Phi) is 7.24. The molecule has 0 aliphatic rings. The first-order chi connectivity index (χ1) is 10.2. The van der Waals surface area contributed by atoms with Crippen molar-refractivity contribution in [2.24, 2.45) is 0 Å². The molecule has 0 atom stereocenters. The van der Waals surface area contributed by atoms with E-state index in [4.69, 9.17) is 0 Å². The van der Waals surface area contributed by atoms with Crippen LogP contribution >= 0.6 is 0 Å². The van der Waals surface area contributed by atoms with E-state index in [0.717, 1.165) is 16.7 Å². The molecule has 0 aliphatic heterocycles. The van der Waals surface area contributed by atoms with E-state index in [0.29, 0.717) is 0 Å². The quantitative estimate of drug-likeness (QED) is 0.408. The molecular weight excluding hydrogens is 316 g/mol. The minimum Gasteiger partial charge on any atom is -0.311 e. The van der Waals surface area contributed by atoms with Gasteiger partial charge in [-0.3, -0.25) is 0 Å². The molecule has 0 N–H and O–H groups in total. The van der Waals surface area contributed by atoms with Gasteiger partial charge in [-0.2, -0.15) is 24.3 Å². The largest absolute Gasteiger partial charge is 0.311 e. The maximum atomic E-state index is 11.7. The first-order valence-electron chi connectivity index (χ1n) is 6.72. The summed E-state index contributed by atoms with van der Waals surface area (Å²) in [6, 6.07) is 24.0. The number of ketones is 2. The molecule has 0 aromatic heterocycles. The zero-order valence-electron chi connectivity index (χ0n) is 12.2. The zero-order valence-corrected chi connectivity index (χ0v) is 13.3. The number of benzene rings is 1. The van der Waals surface area contributed by atoms with Gasteiger partial charge in [0, 0.05) is 17.1 Å². The minimum atomic E-state index is 0. The summed E-state index contributed by atoms with van der Waals surface area (Å²) < 4.78 is 0. The van der Waals surface area contributed by atoms with Crippen LogP contribution in [0.3, 0.4) is 0 Å². The van der Waals surface area contributed by atoms with Crippen LogP contribution < -0.4 is 0 Å². The van der Waals surface area contributed by atoms with Crippen molar-refractivity contribution >= 4 is 11.6 Å². The van der Waals surface area contributed by atoms with Gasteiger partial charge in [0.15, 0.2) is 0 Å². The molecule has 3 heteroatoms. The van der Waals surface area contributed by atoms with Crippen LogP contribution in [-0.4, -0.2) is 11.6 Å². The van der Waals surface area contributed by atoms with Gasteiger partial charge >= 0.3 is 0 Å². The molecule has 0 bridgehead atoms. The van der Waals surface area contributed by atoms with Crippen LogP contribution in [0.1, 0.15) is 33.2 Å². The summed E-state index contributed by atoms with van der Waals surface area (Å²) in [6.07, 6.45) is 0. The summed E-state index contributed by atoms with van der Waals surface area (Å²) in [7, 11) is 0. The topological polar surface area (TPSA) is 34.1 Å². The molecular formula is C19H16FeO2-2. The van der Waals surface area contributed by atoms with Gasteiger partial charge in [-0.1, -0.05) is 47.0 Å². The van der Waals surface area contributed by atoms with Gasteiger partial charge in [0.05, 0.1) is 0 Å². The van der Waals surface area contributed by atoms with Crippen molar-refractivity contribution in [3.05, 3.63) is 95.6 Å². The first-order valence-corrected chi connectivity index (χ1v) is 6.72. The molecule has 0 radical (unpaired) electrons. The van der Waals surface area contributed by atoms with E-state index in [1.807, 2.05) is 78.9 Å². The Hall–Kier alpha value is -2.22. The Morgan fingerprint density at radius 3 is 1.59 bits per heavy atom. The summed E-state index contributed by atoms with van der Waals surface area (Å²) in [4.78, 5) is 22.2. The van der Waals surface area contributed by atoms with E-state index in [-0.39, 0.29) is 28.6 Å². The van der Waals surface area contributed by atoms with Gasteiger partial charge in [-0.05, 0) is 6.92 Å². The van der Waals surface area contributed by atoms with Crippen molar-refractivity contribution in [1.29, 1.82) is 0 Å². The van der Waals surface area contributed by atoms with Crippen LogP contribution in [0.15, 0.2) is 78.9 Å². The van der Waals surface area contributed by atoms with E-state index >= 15 is 0 Å². The van der Waals surface area contributed by atoms with Gasteiger partial charge in [-0.25, -0.2) is 12.1 Å². The Morgan fingerprint density at radius 1 is 0.727 bits per heavy atom. The standard InChI is InChI=1S/C12H9O.C7H7O.Fe/c13-12(11-8-4-5-9-11)10-6-2-1-3-7-10;1-6(8)7-4-2-3-5-7;/h1-9H;2-5H,1H3;/q2*-1;. The maximum absolute atomic E-state index is 11.7. The summed E-state index contributed by atoms with van der Waals surface area (Å²) in [5.41, 5.74) is 2.30. The van der Waals surface area contributed by atoms with E-state index < -0.39 is 0 Å². The average molecular weight is 332 g/mol. The number of rotatable bonds is 3. The second-order valence-electron chi connectivity index (χ2n) is 4.60. The summed E-state index contributed by atoms with van der Waals surface area (Å²) in [5, 5.41) is 0. The first kappa shape index (κ1) is 17.8. The molecule has 2 nitrogen and oxygen atoms in total. The summed E-state index contributed by atoms with van der Waals surface area (Å²) in [6.45, 7) is 1.56. The van der Waals surface area contributed by atoms with Crippen LogP contribution in [0.2, 0.25) is 0 Å². The molecule has 3 aromatic carbocycles. The molecule has 0 fully saturated rings. The van der Waals surface area contributed by atoms with E-state index in [1.165, 1.54) is 0 Å². The molecule has 0 spiro atoms. The molecule has 0 unspecified atom stereocenters. The van der Waals surface area contributed by atoms with Gasteiger partial charge in [0.1, 0.15) is 11.6 Å². The second kappa shape index (κ2) is 8.93. The Balaban J connectivity index is 0.000000234. The van der Waals surface area contributed by atoms with Gasteiger partial charge < -0.3 is 9.59 Å². The zero-order chi connectivity index (χ0) is 15.1. The van der Waals surface area contributed by atoms with Crippen molar-refractivity contribution in [3.63, 3.8) is 0 Å². The predicted molar refractivity (Wildman–Crippen MR) is 83.9 cm³/mol. The monoisotopic (exact) mass is 332 g/mol. The normalized spacial score (nSPS) is 9.14. The molecule has 3 rings (SSSR count). The number of Topliss-reactive ketones (excluding diaryl/α,β-unsaturated/α-hetero) is 1. The molecule has 0 amide bonds. The van der Waals surface area contributed by atoms with E-state index in [1.54, 1.807) is 6.92 Å². The number of carbonyl (C=O) groups excluding carboxylic acids is 2. The number of hydrogen-bond donors (Lipinski definition) is 0. The number of carbonyl (C=O) groups is 2. The molecule has 0 aliphatic carbocycles. The third-order valence-corrected chi connectivity index (χ3v) is 3.03. The third kappa shape index (κ3) is 4.96. The summed E-state index contributed by atoms with van der Waals surface area (Å²) in [5.74, 6) is 0.223. The van der Waals surface area contributed by atoms with Gasteiger partial charge in [0.25, 0.3) is 0 Å². The summed E-state index contributed by atoms with van der Waals surface area (Å²) >= 11 is 0. The Morgan fingerprint density at radius 2 is 1.18 bits per heavy atom. The van der Waals surface area contributed by atoms with Crippen molar-refractivity contribution in [1.82, 2.24) is 0 Å². The fourth-order valence-electron chi connectivity index (χ4n) is 1.89. The SMILES string of the molecule is CC(=O)[c-]1cccc1.O=C(c1ccccc1)[c-]1cccc1.[Fe]. The fraction of sp³-hybridized carbons (Fsp3) is 0.0526. The average Bonchev–Trinajstić information content (AvgIpc) is 3.21. The van der Waals surface area contributed by atoms with Crippen molar-refractivity contribution < 1.29 is 26.7 Å². The van der Waals surface area contributed by atoms with Crippen molar-refractivity contribution in [2.45, 2.75) is 6.92 Å². The molecule has 3 aromatic rings. The fourth-order valence-corrected chi connectivity index (χ4v) is 1.89. The van der Waals surface area contributed by atoms with Crippen LogP contribution in [-0.2, 0) is 17.1 Å². The van der Waals surface area contributed by atoms with Crippen LogP contribution in [0.4, 0.5) is 0 Å². The van der Waals surface area contributed by atoms with Crippen LogP contribution in [0, 0.1) is 0 Å². The number of hydrogen-bond acceptors (Lipinski definition) is 2. The third-order valence-electron chi connectivity index (χ3n) is 3.03. The predicted octanol–water partition coefficient (Wildman–Crippen LogP) is 4.24. The Labute approximate surface area is 141 Å². The molecule has 114 valence electrons. The van der Waals surface area contributed by atoms with E-state index in [9.17, 15) is 9.59 Å². The Bertz CT molecular complexity index is 680. The minimum absolute atomic E-state index is 0. The molecule has 22 heavy (non-hydrogen) atoms. The van der Waals surface area contributed by atoms with Gasteiger partial charge in [-0.15, -0.1) is 12.1 Å². The molecule has 0 saturated carbocycles. The van der Waals surface area contributed by atoms with Crippen LogP contribution in [0.5, 0.6) is 0 Å². The van der Waals surface area contributed by atoms with Gasteiger partial charge in [0.2, 0.25) is 0 Å². The van der Waals surface area contributed by atoms with E-state index in [2.05, 4.69) is 0 Å². The van der Waals surface area contributed by atoms with Crippen molar-refractivity contribution in [2.75, 3.05) is 0 Å². The second-order valence-corrected chi connectivity index (χ2v) is 4.60. The molecule has 0 heterocycles. The van der Waals surface area contributed by atoms with Crippen LogP contribution in [0.25, 0.3) is 0 Å². The smallest absolute Gasteiger partial charge is 0.112 e. The maximum Gasteiger partial charge on any atom is 0.112 e. The van der Waals surface area contributed by atoms with Crippen molar-refractivity contribution in [3.8, 4) is 0 Å².